The molecule has 5 nitrogen and oxygen atoms in total. The number of amidine groups is 1. The molecule has 1 aromatic rings. The highest BCUT2D eigenvalue weighted by molar-refractivity contribution is 6.42. The van der Waals surface area contributed by atoms with E-state index in [1.165, 1.54) is 6.92 Å². The van der Waals surface area contributed by atoms with E-state index in [1.54, 1.807) is 18.2 Å². The second-order valence-electron chi connectivity index (χ2n) is 4.92. The maximum atomic E-state index is 12.6. The summed E-state index contributed by atoms with van der Waals surface area (Å²) in [6.07, 6.45) is -4.90. The normalized spacial score (nSPS) is 13.1. The lowest BCUT2D eigenvalue weighted by molar-refractivity contribution is -0.136. The third-order valence-electron chi connectivity index (χ3n) is 3.07. The average Bonchev–Trinajstić information content (AvgIpc) is 2.57. The molecule has 0 bridgehead atoms. The molecule has 10 heteroatoms. The van der Waals surface area contributed by atoms with Gasteiger partial charge in [0.1, 0.15) is 12.4 Å². The third-order valence-corrected chi connectivity index (χ3v) is 3.81. The van der Waals surface area contributed by atoms with E-state index in [1.807, 2.05) is 0 Å². The molecule has 0 heterocycles. The van der Waals surface area contributed by atoms with E-state index in [9.17, 15) is 18.0 Å². The number of hydrogen-bond donors (Lipinski definition) is 1. The summed E-state index contributed by atoms with van der Waals surface area (Å²) in [5.41, 5.74) is 4.76. The zero-order valence-electron chi connectivity index (χ0n) is 13.8. The van der Waals surface area contributed by atoms with Gasteiger partial charge in [0.25, 0.3) is 0 Å². The highest BCUT2D eigenvalue weighted by Crippen LogP contribution is 2.25. The molecule has 1 aromatic carbocycles. The Hall–Kier alpha value is -2.19. The first-order valence-corrected chi connectivity index (χ1v) is 7.69. The van der Waals surface area contributed by atoms with Gasteiger partial charge >= 0.3 is 12.1 Å². The number of nitrogens with two attached hydrogens (primary N) is 1. The van der Waals surface area contributed by atoms with E-state index in [0.717, 1.165) is 7.11 Å². The lowest BCUT2D eigenvalue weighted by Gasteiger charge is -2.13. The predicted molar refractivity (Wildman–Crippen MR) is 92.8 cm³/mol. The number of esters is 1. The molecule has 0 saturated carbocycles. The largest absolute Gasteiger partial charge is 0.489 e. The van der Waals surface area contributed by atoms with Gasteiger partial charge in [-0.1, -0.05) is 35.8 Å². The van der Waals surface area contributed by atoms with Crippen LogP contribution in [-0.4, -0.2) is 25.1 Å². The molecule has 142 valence electrons. The van der Waals surface area contributed by atoms with Crippen molar-refractivity contribution in [3.05, 3.63) is 57.4 Å². The van der Waals surface area contributed by atoms with Crippen molar-refractivity contribution in [2.75, 3.05) is 7.11 Å². The highest BCUT2D eigenvalue weighted by Gasteiger charge is 2.34. The van der Waals surface area contributed by atoms with Crippen LogP contribution in [0.2, 0.25) is 10.0 Å². The van der Waals surface area contributed by atoms with Crippen LogP contribution >= 0.6 is 23.2 Å². The first-order valence-electron chi connectivity index (χ1n) is 6.94. The molecule has 0 aliphatic carbocycles. The lowest BCUT2D eigenvalue weighted by atomic mass is 10.2. The first-order chi connectivity index (χ1) is 12.0. The Labute approximate surface area is 157 Å². The Bertz CT molecular complexity index is 774. The molecular weight excluding hydrogens is 396 g/mol. The quantitative estimate of drug-likeness (QED) is 0.188. The molecule has 0 radical (unpaired) electrons. The molecule has 0 saturated heterocycles. The molecule has 26 heavy (non-hydrogen) atoms. The van der Waals surface area contributed by atoms with Gasteiger partial charge in [0.15, 0.2) is 5.70 Å². The molecular formula is C16H15Cl2F3N2O3. The Morgan fingerprint density at radius 3 is 2.42 bits per heavy atom. The van der Waals surface area contributed by atoms with Crippen LogP contribution in [0.15, 0.2) is 46.8 Å². The summed E-state index contributed by atoms with van der Waals surface area (Å²) in [7, 11) is 0.994. The van der Waals surface area contributed by atoms with E-state index in [0.29, 0.717) is 15.6 Å². The van der Waals surface area contributed by atoms with Gasteiger partial charge in [-0.05, 0) is 24.6 Å². The number of allylic oxidation sites excluding steroid dienone is 1. The number of nitrogens with zero attached hydrogens (tertiary/aromatic N) is 1. The van der Waals surface area contributed by atoms with Crippen LogP contribution in [0.3, 0.4) is 0 Å². The minimum absolute atomic E-state index is 0.0139. The smallest absolute Gasteiger partial charge is 0.448 e. The van der Waals surface area contributed by atoms with Gasteiger partial charge in [-0.2, -0.15) is 13.2 Å². The van der Waals surface area contributed by atoms with Crippen molar-refractivity contribution in [3.63, 3.8) is 0 Å². The summed E-state index contributed by atoms with van der Waals surface area (Å²) < 4.78 is 47.5. The zero-order chi connectivity index (χ0) is 20.1. The summed E-state index contributed by atoms with van der Waals surface area (Å²) in [6.45, 7) is 4.87. The summed E-state index contributed by atoms with van der Waals surface area (Å²) in [6, 6.07) is 4.75. The van der Waals surface area contributed by atoms with Gasteiger partial charge in [0.2, 0.25) is 5.84 Å². The lowest BCUT2D eigenvalue weighted by Crippen LogP contribution is -2.32. The maximum Gasteiger partial charge on any atom is 0.448 e. The first kappa shape index (κ1) is 21.9. The minimum atomic E-state index is -4.90. The molecule has 0 amide bonds. The number of ether oxygens (including phenoxy) is 2. The van der Waals surface area contributed by atoms with E-state index in [-0.39, 0.29) is 17.9 Å². The van der Waals surface area contributed by atoms with Crippen LogP contribution in [0, 0.1) is 0 Å². The van der Waals surface area contributed by atoms with Crippen molar-refractivity contribution in [1.82, 2.24) is 0 Å². The fourth-order valence-electron chi connectivity index (χ4n) is 1.60. The van der Waals surface area contributed by atoms with Gasteiger partial charge in [-0.25, -0.2) is 9.79 Å². The number of benzene rings is 1. The second kappa shape index (κ2) is 8.95. The number of halogens is 5. The Balaban J connectivity index is 3.07. The van der Waals surface area contributed by atoms with E-state index < -0.39 is 23.7 Å². The van der Waals surface area contributed by atoms with Gasteiger partial charge in [0.05, 0.1) is 17.2 Å². The minimum Gasteiger partial charge on any atom is -0.489 e. The Morgan fingerprint density at radius 1 is 1.31 bits per heavy atom. The standard InChI is InChI=1S/C16H15Cl2F3N2O3/c1-8(13(14(24)25-3)23-15(22)16(19,20)21)9(2)26-7-10-4-5-11(17)12(18)6-10/h4-6H,2,7H2,1,3H3,(H2,22,23)/b13-8-. The molecule has 0 unspecified atom stereocenters. The SMILES string of the molecule is C=C(OCc1ccc(Cl)c(Cl)c1)/C(C)=C(\N=C(/N)C(F)(F)F)C(=O)OC. The van der Waals surface area contributed by atoms with Crippen LogP contribution in [0.25, 0.3) is 0 Å². The van der Waals surface area contributed by atoms with Gasteiger partial charge in [-0.15, -0.1) is 0 Å². The Kier molecular flexibility index (Phi) is 7.53. The van der Waals surface area contributed by atoms with Crippen LogP contribution in [-0.2, 0) is 20.9 Å². The van der Waals surface area contributed by atoms with E-state index in [4.69, 9.17) is 33.7 Å². The molecule has 0 aromatic heterocycles. The third kappa shape index (κ3) is 5.96. The van der Waals surface area contributed by atoms with Crippen molar-refractivity contribution >= 4 is 35.0 Å². The highest BCUT2D eigenvalue weighted by atomic mass is 35.5. The number of aliphatic imine (C=N–C) groups is 1. The van der Waals surface area contributed by atoms with E-state index >= 15 is 0 Å². The number of hydrogen-bond acceptors (Lipinski definition) is 4. The maximum absolute atomic E-state index is 12.6. The summed E-state index contributed by atoms with van der Waals surface area (Å²) in [5, 5.41) is 0.665. The summed E-state index contributed by atoms with van der Waals surface area (Å²) in [5.74, 6) is -2.90. The molecule has 0 aliphatic rings. The fourth-order valence-corrected chi connectivity index (χ4v) is 1.92. The van der Waals surface area contributed by atoms with Gasteiger partial charge < -0.3 is 15.2 Å². The summed E-state index contributed by atoms with van der Waals surface area (Å²) in [4.78, 5) is 14.9. The number of rotatable bonds is 6. The monoisotopic (exact) mass is 410 g/mol. The molecule has 2 N–H and O–H groups in total. The van der Waals surface area contributed by atoms with Crippen LogP contribution in [0.4, 0.5) is 13.2 Å². The van der Waals surface area contributed by atoms with Crippen LogP contribution in [0.1, 0.15) is 12.5 Å². The van der Waals surface area contributed by atoms with Crippen LogP contribution < -0.4 is 5.73 Å². The number of carbonyl (C=O) groups is 1. The average molecular weight is 411 g/mol. The molecule has 1 rings (SSSR count). The molecule has 0 fully saturated rings. The fraction of sp³-hybridized carbons (Fsp3) is 0.250. The summed E-state index contributed by atoms with van der Waals surface area (Å²) >= 11 is 11.7. The van der Waals surface area contributed by atoms with Crippen molar-refractivity contribution in [2.45, 2.75) is 19.7 Å². The van der Waals surface area contributed by atoms with Gasteiger partial charge in [-0.3, -0.25) is 0 Å². The number of carbonyl (C=O) groups excluding carboxylic acids is 1. The Morgan fingerprint density at radius 2 is 1.92 bits per heavy atom. The topological polar surface area (TPSA) is 73.9 Å². The molecule has 0 aliphatic heterocycles. The van der Waals surface area contributed by atoms with Gasteiger partial charge in [0, 0.05) is 5.57 Å². The number of methoxy groups -OCH3 is 1. The molecule has 0 spiro atoms. The van der Waals surface area contributed by atoms with Crippen molar-refractivity contribution in [1.29, 1.82) is 0 Å². The molecule has 0 atom stereocenters. The predicted octanol–water partition coefficient (Wildman–Crippen LogP) is 4.39. The van der Waals surface area contributed by atoms with Crippen molar-refractivity contribution in [2.24, 2.45) is 10.7 Å². The number of alkyl halides is 3. The van der Waals surface area contributed by atoms with Crippen molar-refractivity contribution in [3.8, 4) is 0 Å². The zero-order valence-corrected chi connectivity index (χ0v) is 15.3. The van der Waals surface area contributed by atoms with Crippen LogP contribution in [0.5, 0.6) is 0 Å². The van der Waals surface area contributed by atoms with Crippen molar-refractivity contribution < 1.29 is 27.4 Å². The van der Waals surface area contributed by atoms with E-state index in [2.05, 4.69) is 16.3 Å². The second-order valence-corrected chi connectivity index (χ2v) is 5.73.